The second kappa shape index (κ2) is 7.62. The zero-order valence-corrected chi connectivity index (χ0v) is 11.7. The first-order valence-electron chi connectivity index (χ1n) is 6.03. The first-order valence-corrected chi connectivity index (χ1v) is 6.40. The fraction of sp³-hybridized carbons (Fsp3) is 0.462. The topological polar surface area (TPSA) is 41.1 Å². The van der Waals surface area contributed by atoms with Gasteiger partial charge in [0.15, 0.2) is 0 Å². The highest BCUT2D eigenvalue weighted by Crippen LogP contribution is 2.15. The number of hydrogen-bond acceptors (Lipinski definition) is 2. The molecule has 18 heavy (non-hydrogen) atoms. The Morgan fingerprint density at radius 1 is 1.39 bits per heavy atom. The van der Waals surface area contributed by atoms with Crippen molar-refractivity contribution in [3.8, 4) is 0 Å². The highest BCUT2D eigenvalue weighted by atomic mass is 35.5. The lowest BCUT2D eigenvalue weighted by molar-refractivity contribution is -0.116. The quantitative estimate of drug-likeness (QED) is 0.893. The summed E-state index contributed by atoms with van der Waals surface area (Å²) in [6, 6.07) is 7.69. The van der Waals surface area contributed by atoms with Crippen LogP contribution in [-0.4, -0.2) is 18.5 Å². The van der Waals surface area contributed by atoms with E-state index < -0.39 is 0 Å². The number of carbonyl (C=O) groups is 1. The third kappa shape index (κ3) is 4.84. The molecule has 1 fully saturated rings. The Hall–Kier alpha value is -0.770. The summed E-state index contributed by atoms with van der Waals surface area (Å²) < 4.78 is 0. The molecule has 1 unspecified atom stereocenters. The Balaban J connectivity index is 0.00000162. The first-order chi connectivity index (χ1) is 8.24. The van der Waals surface area contributed by atoms with Gasteiger partial charge in [-0.1, -0.05) is 11.6 Å². The maximum atomic E-state index is 11.7. The number of hydrogen-bond donors (Lipinski definition) is 2. The van der Waals surface area contributed by atoms with Gasteiger partial charge in [-0.25, -0.2) is 0 Å². The second-order valence-electron chi connectivity index (χ2n) is 4.39. The van der Waals surface area contributed by atoms with Gasteiger partial charge in [0.1, 0.15) is 0 Å². The van der Waals surface area contributed by atoms with Crippen molar-refractivity contribution in [1.82, 2.24) is 5.32 Å². The predicted octanol–water partition coefficient (Wildman–Crippen LogP) is 3.23. The van der Waals surface area contributed by atoms with Gasteiger partial charge in [0.2, 0.25) is 5.91 Å². The van der Waals surface area contributed by atoms with Crippen LogP contribution in [0.2, 0.25) is 5.02 Å². The third-order valence-corrected chi connectivity index (χ3v) is 3.26. The van der Waals surface area contributed by atoms with Crippen molar-refractivity contribution in [3.63, 3.8) is 0 Å². The van der Waals surface area contributed by atoms with Gasteiger partial charge in [-0.15, -0.1) is 12.4 Å². The average Bonchev–Trinajstić information content (AvgIpc) is 2.83. The molecule has 0 aromatic heterocycles. The van der Waals surface area contributed by atoms with Crippen LogP contribution in [0.15, 0.2) is 24.3 Å². The minimum absolute atomic E-state index is 0. The number of halogens is 2. The van der Waals surface area contributed by atoms with Crippen LogP contribution in [0.4, 0.5) is 5.69 Å². The molecule has 0 aliphatic carbocycles. The zero-order valence-electron chi connectivity index (χ0n) is 10.1. The smallest absolute Gasteiger partial charge is 0.224 e. The van der Waals surface area contributed by atoms with Crippen LogP contribution in [0.5, 0.6) is 0 Å². The lowest BCUT2D eigenvalue weighted by Gasteiger charge is -2.10. The molecule has 0 spiro atoms. The van der Waals surface area contributed by atoms with Gasteiger partial charge in [0.05, 0.1) is 0 Å². The first kappa shape index (κ1) is 15.3. The Morgan fingerprint density at radius 2 is 2.11 bits per heavy atom. The van der Waals surface area contributed by atoms with E-state index in [0.29, 0.717) is 17.5 Å². The van der Waals surface area contributed by atoms with Gasteiger partial charge >= 0.3 is 0 Å². The lowest BCUT2D eigenvalue weighted by Crippen LogP contribution is -2.23. The van der Waals surface area contributed by atoms with Crippen LogP contribution in [0, 0.1) is 0 Å². The fourth-order valence-corrected chi connectivity index (χ4v) is 2.19. The van der Waals surface area contributed by atoms with Gasteiger partial charge in [-0.05, 0) is 50.1 Å². The summed E-state index contributed by atoms with van der Waals surface area (Å²) >= 11 is 5.77. The van der Waals surface area contributed by atoms with Gasteiger partial charge < -0.3 is 10.6 Å². The fourth-order valence-electron chi connectivity index (χ4n) is 2.07. The van der Waals surface area contributed by atoms with Crippen LogP contribution in [-0.2, 0) is 4.79 Å². The molecule has 1 amide bonds. The van der Waals surface area contributed by atoms with E-state index in [-0.39, 0.29) is 18.3 Å². The van der Waals surface area contributed by atoms with Crippen molar-refractivity contribution in [3.05, 3.63) is 29.3 Å². The molecule has 2 rings (SSSR count). The Labute approximate surface area is 119 Å². The van der Waals surface area contributed by atoms with Crippen molar-refractivity contribution in [2.24, 2.45) is 0 Å². The molecule has 5 heteroatoms. The second-order valence-corrected chi connectivity index (χ2v) is 4.82. The molecule has 1 atom stereocenters. The monoisotopic (exact) mass is 288 g/mol. The summed E-state index contributed by atoms with van der Waals surface area (Å²) in [5.74, 6) is 0.0704. The van der Waals surface area contributed by atoms with Crippen molar-refractivity contribution in [1.29, 1.82) is 0 Å². The summed E-state index contributed by atoms with van der Waals surface area (Å²) in [5.41, 5.74) is 0.804. The predicted molar refractivity (Wildman–Crippen MR) is 77.6 cm³/mol. The standard InChI is InChI=1S/C13H17ClN2O.ClH/c14-10-3-5-12(6-4-10)16-13(17)8-7-11-2-1-9-15-11;/h3-6,11,15H,1-2,7-9H2,(H,16,17);1H. The molecule has 1 saturated heterocycles. The highest BCUT2D eigenvalue weighted by Gasteiger charge is 2.15. The average molecular weight is 289 g/mol. The number of carbonyl (C=O) groups excluding carboxylic acids is 1. The van der Waals surface area contributed by atoms with E-state index in [1.807, 2.05) is 12.1 Å². The van der Waals surface area contributed by atoms with Crippen molar-refractivity contribution >= 4 is 35.6 Å². The molecule has 1 heterocycles. The maximum absolute atomic E-state index is 11.7. The van der Waals surface area contributed by atoms with Crippen LogP contribution in [0.1, 0.15) is 25.7 Å². The van der Waals surface area contributed by atoms with Gasteiger partial charge in [0, 0.05) is 23.2 Å². The van der Waals surface area contributed by atoms with Crippen LogP contribution >= 0.6 is 24.0 Å². The summed E-state index contributed by atoms with van der Waals surface area (Å²) in [6.07, 6.45) is 3.90. The number of rotatable bonds is 4. The van der Waals surface area contributed by atoms with Gasteiger partial charge in [0.25, 0.3) is 0 Å². The van der Waals surface area contributed by atoms with Crippen molar-refractivity contribution in [2.75, 3.05) is 11.9 Å². The van der Waals surface area contributed by atoms with Crippen molar-refractivity contribution < 1.29 is 4.79 Å². The molecule has 0 bridgehead atoms. The van der Waals surface area contributed by atoms with E-state index in [0.717, 1.165) is 18.7 Å². The third-order valence-electron chi connectivity index (χ3n) is 3.01. The summed E-state index contributed by atoms with van der Waals surface area (Å²) in [7, 11) is 0. The number of anilines is 1. The largest absolute Gasteiger partial charge is 0.326 e. The van der Waals surface area contributed by atoms with Gasteiger partial charge in [-0.3, -0.25) is 4.79 Å². The Morgan fingerprint density at radius 3 is 2.72 bits per heavy atom. The highest BCUT2D eigenvalue weighted by molar-refractivity contribution is 6.30. The maximum Gasteiger partial charge on any atom is 0.224 e. The minimum atomic E-state index is 0. The van der Waals surface area contributed by atoms with Crippen LogP contribution < -0.4 is 10.6 Å². The summed E-state index contributed by atoms with van der Waals surface area (Å²) in [6.45, 7) is 1.09. The van der Waals surface area contributed by atoms with E-state index in [1.165, 1.54) is 12.8 Å². The Kier molecular flexibility index (Phi) is 6.47. The zero-order chi connectivity index (χ0) is 12.1. The summed E-state index contributed by atoms with van der Waals surface area (Å²) in [5, 5.41) is 6.93. The number of amides is 1. The van der Waals surface area contributed by atoms with Gasteiger partial charge in [-0.2, -0.15) is 0 Å². The molecule has 2 N–H and O–H groups in total. The van der Waals surface area contributed by atoms with E-state index >= 15 is 0 Å². The number of nitrogens with one attached hydrogen (secondary N) is 2. The molecule has 100 valence electrons. The number of benzene rings is 1. The normalized spacial score (nSPS) is 18.2. The molecule has 1 aliphatic heterocycles. The van der Waals surface area contributed by atoms with Crippen molar-refractivity contribution in [2.45, 2.75) is 31.7 Å². The minimum Gasteiger partial charge on any atom is -0.326 e. The molecular formula is C13H18Cl2N2O. The SMILES string of the molecule is Cl.O=C(CCC1CCCN1)Nc1ccc(Cl)cc1. The summed E-state index contributed by atoms with van der Waals surface area (Å²) in [4.78, 5) is 11.7. The molecule has 1 aromatic rings. The lowest BCUT2D eigenvalue weighted by atomic mass is 10.1. The molecule has 1 aromatic carbocycles. The molecule has 0 radical (unpaired) electrons. The molecule has 0 saturated carbocycles. The molecule has 3 nitrogen and oxygen atoms in total. The van der Waals surface area contributed by atoms with E-state index in [2.05, 4.69) is 10.6 Å². The van der Waals surface area contributed by atoms with Crippen LogP contribution in [0.25, 0.3) is 0 Å². The van der Waals surface area contributed by atoms with E-state index in [9.17, 15) is 4.79 Å². The van der Waals surface area contributed by atoms with E-state index in [4.69, 9.17) is 11.6 Å². The molecular weight excluding hydrogens is 271 g/mol. The van der Waals surface area contributed by atoms with Crippen LogP contribution in [0.3, 0.4) is 0 Å². The Bertz CT molecular complexity index is 375. The van der Waals surface area contributed by atoms with E-state index in [1.54, 1.807) is 12.1 Å². The molecule has 1 aliphatic rings.